The normalized spacial score (nSPS) is 24.8. The molecule has 0 N–H and O–H groups in total. The average molecular weight is 573 g/mol. The predicted octanol–water partition coefficient (Wildman–Crippen LogP) is 6.08. The summed E-state index contributed by atoms with van der Waals surface area (Å²) in [7, 11) is 5.42. The second-order valence-corrected chi connectivity index (χ2v) is 12.4. The van der Waals surface area contributed by atoms with Crippen LogP contribution in [0.3, 0.4) is 0 Å². The number of halogens is 2. The van der Waals surface area contributed by atoms with Crippen LogP contribution in [0.5, 0.6) is 5.75 Å². The molecule has 1 aliphatic carbocycles. The lowest BCUT2D eigenvalue weighted by atomic mass is 9.70. The van der Waals surface area contributed by atoms with E-state index < -0.39 is 41.4 Å². The molecule has 0 aromatic heterocycles. The van der Waals surface area contributed by atoms with E-state index in [1.54, 1.807) is 20.8 Å². The highest BCUT2D eigenvalue weighted by atomic mass is 19.1. The van der Waals surface area contributed by atoms with Gasteiger partial charge < -0.3 is 14.2 Å². The highest BCUT2D eigenvalue weighted by Crippen LogP contribution is 2.44. The van der Waals surface area contributed by atoms with Crippen molar-refractivity contribution in [1.29, 1.82) is 0 Å². The van der Waals surface area contributed by atoms with Crippen LogP contribution in [0.1, 0.15) is 64.0 Å². The van der Waals surface area contributed by atoms with Gasteiger partial charge in [-0.25, -0.2) is 18.4 Å². The zero-order valence-corrected chi connectivity index (χ0v) is 24.9. The Hall–Kier alpha value is -3.20. The monoisotopic (exact) mass is 572 g/mol. The van der Waals surface area contributed by atoms with Crippen molar-refractivity contribution in [1.82, 2.24) is 9.80 Å². The molecule has 9 heteroatoms. The fraction of sp³-hybridized carbons (Fsp3) is 0.562. The van der Waals surface area contributed by atoms with Crippen molar-refractivity contribution in [3.8, 4) is 5.75 Å². The number of carbonyl (C=O) groups excluding carboxylic acids is 2. The molecule has 2 aromatic carbocycles. The lowest BCUT2D eigenvalue weighted by Crippen LogP contribution is -2.44. The molecular weight excluding hydrogens is 530 g/mol. The molecule has 0 radical (unpaired) electrons. The Morgan fingerprint density at radius 1 is 1.05 bits per heavy atom. The average Bonchev–Trinajstić information content (AvgIpc) is 3.36. The molecule has 1 amide bonds. The second kappa shape index (κ2) is 12.3. The highest BCUT2D eigenvalue weighted by molar-refractivity contribution is 5.82. The molecular formula is C32H42F2N2O5. The molecule has 4 rings (SSSR count). The summed E-state index contributed by atoms with van der Waals surface area (Å²) >= 11 is 0. The summed E-state index contributed by atoms with van der Waals surface area (Å²) in [5.41, 5.74) is 0.411. The first-order valence-electron chi connectivity index (χ1n) is 14.3. The van der Waals surface area contributed by atoms with Crippen LogP contribution < -0.4 is 4.74 Å². The van der Waals surface area contributed by atoms with Gasteiger partial charge in [-0.1, -0.05) is 30.3 Å². The van der Waals surface area contributed by atoms with Gasteiger partial charge >= 0.3 is 12.1 Å². The molecule has 2 atom stereocenters. The Kier molecular flexibility index (Phi) is 9.26. The Bertz CT molecular complexity index is 1220. The summed E-state index contributed by atoms with van der Waals surface area (Å²) < 4.78 is 46.9. The molecule has 2 aromatic rings. The number of rotatable bonds is 7. The molecule has 1 aliphatic heterocycles. The van der Waals surface area contributed by atoms with E-state index >= 15 is 4.39 Å². The minimum atomic E-state index is -0.924. The predicted molar refractivity (Wildman–Crippen MR) is 152 cm³/mol. The lowest BCUT2D eigenvalue weighted by Gasteiger charge is -2.45. The van der Waals surface area contributed by atoms with Gasteiger partial charge in [0.15, 0.2) is 11.6 Å². The Morgan fingerprint density at radius 3 is 2.29 bits per heavy atom. The molecule has 1 saturated carbocycles. The number of amides is 1. The maximum atomic E-state index is 15.7. The van der Waals surface area contributed by atoms with E-state index in [2.05, 4.69) is 31.1 Å². The molecule has 7 nitrogen and oxygen atoms in total. The number of methoxy groups -OCH3 is 1. The number of esters is 1. The molecule has 2 fully saturated rings. The van der Waals surface area contributed by atoms with Crippen LogP contribution in [0.25, 0.3) is 0 Å². The first kappa shape index (κ1) is 30.8. The second-order valence-electron chi connectivity index (χ2n) is 12.4. The number of benzene rings is 2. The van der Waals surface area contributed by atoms with Gasteiger partial charge in [-0.05, 0) is 90.6 Å². The summed E-state index contributed by atoms with van der Waals surface area (Å²) in [5.74, 6) is -1.91. The molecule has 2 aliphatic rings. The van der Waals surface area contributed by atoms with E-state index in [1.807, 2.05) is 18.2 Å². The molecule has 0 bridgehead atoms. The van der Waals surface area contributed by atoms with Crippen LogP contribution in [0.4, 0.5) is 13.6 Å². The quantitative estimate of drug-likeness (QED) is 0.375. The Labute approximate surface area is 241 Å². The first-order valence-corrected chi connectivity index (χ1v) is 14.3. The van der Waals surface area contributed by atoms with Crippen molar-refractivity contribution in [2.24, 2.45) is 5.92 Å². The molecule has 224 valence electrons. The smallest absolute Gasteiger partial charge is 0.411 e. The van der Waals surface area contributed by atoms with E-state index in [9.17, 15) is 14.0 Å². The van der Waals surface area contributed by atoms with Crippen molar-refractivity contribution < 1.29 is 32.6 Å². The van der Waals surface area contributed by atoms with Gasteiger partial charge in [0.1, 0.15) is 23.6 Å². The molecule has 1 saturated heterocycles. The van der Waals surface area contributed by atoms with Crippen molar-refractivity contribution >= 4 is 12.1 Å². The number of hydrogen-bond acceptors (Lipinski definition) is 6. The summed E-state index contributed by atoms with van der Waals surface area (Å²) in [5, 5.41) is 0. The molecule has 0 unspecified atom stereocenters. The fourth-order valence-corrected chi connectivity index (χ4v) is 6.19. The van der Waals surface area contributed by atoms with Crippen LogP contribution in [-0.2, 0) is 26.2 Å². The third-order valence-corrected chi connectivity index (χ3v) is 8.40. The van der Waals surface area contributed by atoms with Gasteiger partial charge in [-0.3, -0.25) is 9.80 Å². The SMILES string of the molecule is COC(=O)[C@@H]1C[C@H](Oc2ccc(F)c(CC3CCC(c4ccccc4)(N(C)C)CC3)c2F)CN1C(=O)OC(C)(C)C. The van der Waals surface area contributed by atoms with Gasteiger partial charge in [0.25, 0.3) is 0 Å². The largest absolute Gasteiger partial charge is 0.485 e. The molecule has 41 heavy (non-hydrogen) atoms. The zero-order valence-electron chi connectivity index (χ0n) is 24.9. The summed E-state index contributed by atoms with van der Waals surface area (Å²) in [4.78, 5) is 28.7. The van der Waals surface area contributed by atoms with E-state index in [-0.39, 0.29) is 42.2 Å². The van der Waals surface area contributed by atoms with E-state index in [0.717, 1.165) is 25.7 Å². The number of hydrogen-bond donors (Lipinski definition) is 0. The number of nitrogens with zero attached hydrogens (tertiary/aromatic N) is 2. The highest BCUT2D eigenvalue weighted by Gasteiger charge is 2.44. The summed E-state index contributed by atoms with van der Waals surface area (Å²) in [6.07, 6.45) is 2.47. The number of ether oxygens (including phenoxy) is 3. The van der Waals surface area contributed by atoms with Crippen LogP contribution in [-0.4, -0.2) is 67.4 Å². The standard InChI is InChI=1S/C32H42F2N2O5/c1-31(2,3)41-30(38)36-20-23(19-26(36)29(37)39-6)40-27-13-12-25(33)24(28(27)34)18-21-14-16-32(17-15-21,35(4)5)22-10-8-7-9-11-22/h7-13,21,23,26H,14-20H2,1-6H3/t21?,23-,26-,32?/m0/s1. The number of carbonyl (C=O) groups is 2. The van der Waals surface area contributed by atoms with Gasteiger partial charge in [0.05, 0.1) is 13.7 Å². The maximum Gasteiger partial charge on any atom is 0.411 e. The van der Waals surface area contributed by atoms with E-state index in [0.29, 0.717) is 0 Å². The molecule has 0 spiro atoms. The van der Waals surface area contributed by atoms with E-state index in [4.69, 9.17) is 14.2 Å². The van der Waals surface area contributed by atoms with Crippen molar-refractivity contribution in [2.75, 3.05) is 27.7 Å². The fourth-order valence-electron chi connectivity index (χ4n) is 6.19. The van der Waals surface area contributed by atoms with Crippen LogP contribution in [0, 0.1) is 17.6 Å². The van der Waals surface area contributed by atoms with Crippen molar-refractivity contribution in [3.05, 3.63) is 65.2 Å². The Morgan fingerprint density at radius 2 is 1.71 bits per heavy atom. The zero-order chi connectivity index (χ0) is 29.9. The van der Waals surface area contributed by atoms with Crippen molar-refractivity contribution in [3.63, 3.8) is 0 Å². The third kappa shape index (κ3) is 6.83. The summed E-state index contributed by atoms with van der Waals surface area (Å²) in [6.45, 7) is 5.19. The van der Waals surface area contributed by atoms with Gasteiger partial charge in [0, 0.05) is 17.5 Å². The van der Waals surface area contributed by atoms with Crippen LogP contribution >= 0.6 is 0 Å². The van der Waals surface area contributed by atoms with Crippen LogP contribution in [0.2, 0.25) is 0 Å². The minimum absolute atomic E-state index is 0.00948. The topological polar surface area (TPSA) is 68.3 Å². The summed E-state index contributed by atoms with van der Waals surface area (Å²) in [6, 6.07) is 12.0. The minimum Gasteiger partial charge on any atom is -0.485 e. The third-order valence-electron chi connectivity index (χ3n) is 8.40. The maximum absolute atomic E-state index is 15.7. The molecule has 1 heterocycles. The van der Waals surface area contributed by atoms with Gasteiger partial charge in [0.2, 0.25) is 0 Å². The number of likely N-dealkylation sites (tertiary alicyclic amines) is 1. The Balaban J connectivity index is 1.46. The van der Waals surface area contributed by atoms with Crippen molar-refractivity contribution in [2.45, 2.75) is 82.6 Å². The van der Waals surface area contributed by atoms with Gasteiger partial charge in [-0.15, -0.1) is 0 Å². The van der Waals surface area contributed by atoms with Crippen LogP contribution in [0.15, 0.2) is 42.5 Å². The first-order chi connectivity index (χ1) is 19.3. The lowest BCUT2D eigenvalue weighted by molar-refractivity contribution is -0.145. The van der Waals surface area contributed by atoms with Gasteiger partial charge in [-0.2, -0.15) is 0 Å². The van der Waals surface area contributed by atoms with E-state index in [1.165, 1.54) is 29.7 Å².